The molecule has 2 rings (SSSR count). The Bertz CT molecular complexity index is 529. The van der Waals surface area contributed by atoms with E-state index in [0.29, 0.717) is 13.1 Å². The highest BCUT2D eigenvalue weighted by Crippen LogP contribution is 2.17. The molecule has 0 atom stereocenters. The summed E-state index contributed by atoms with van der Waals surface area (Å²) in [7, 11) is 3.94. The molecule has 1 aliphatic heterocycles. The van der Waals surface area contributed by atoms with Gasteiger partial charge in [0.1, 0.15) is 0 Å². The molecule has 0 bridgehead atoms. The number of likely N-dealkylation sites (tertiary alicyclic amines) is 1. The van der Waals surface area contributed by atoms with E-state index < -0.39 is 11.9 Å². The maximum absolute atomic E-state index is 11.8. The molecule has 20 heavy (non-hydrogen) atoms. The maximum Gasteiger partial charge on any atom is 0.310 e. The van der Waals surface area contributed by atoms with E-state index >= 15 is 0 Å². The van der Waals surface area contributed by atoms with Crippen LogP contribution in [0.2, 0.25) is 0 Å². The van der Waals surface area contributed by atoms with E-state index in [-0.39, 0.29) is 5.91 Å². The fraction of sp³-hybridized carbons (Fsp3) is 0.333. The molecule has 0 saturated carbocycles. The van der Waals surface area contributed by atoms with Crippen LogP contribution < -0.4 is 4.90 Å². The van der Waals surface area contributed by atoms with Crippen LogP contribution in [0.5, 0.6) is 0 Å². The summed E-state index contributed by atoms with van der Waals surface area (Å²) in [6, 6.07) is 7.84. The van der Waals surface area contributed by atoms with Gasteiger partial charge in [-0.25, -0.2) is 0 Å². The molecule has 1 N–H and O–H groups in total. The number of aliphatic carboxylic acids is 1. The van der Waals surface area contributed by atoms with Crippen LogP contribution in [0.25, 0.3) is 6.08 Å². The molecule has 0 spiro atoms. The van der Waals surface area contributed by atoms with Gasteiger partial charge in [0.2, 0.25) is 5.91 Å². The molecule has 1 aliphatic rings. The Morgan fingerprint density at radius 2 is 1.85 bits per heavy atom. The van der Waals surface area contributed by atoms with Crippen molar-refractivity contribution in [3.63, 3.8) is 0 Å². The van der Waals surface area contributed by atoms with Crippen molar-refractivity contribution in [2.75, 3.05) is 32.1 Å². The summed E-state index contributed by atoms with van der Waals surface area (Å²) in [5.74, 6) is -1.39. The van der Waals surface area contributed by atoms with Gasteiger partial charge in [0, 0.05) is 38.9 Å². The van der Waals surface area contributed by atoms with Crippen LogP contribution in [-0.2, 0) is 9.59 Å². The van der Waals surface area contributed by atoms with Gasteiger partial charge in [-0.05, 0) is 23.8 Å². The number of hydrogen-bond donors (Lipinski definition) is 1. The molecule has 1 amide bonds. The van der Waals surface area contributed by atoms with Crippen LogP contribution in [0, 0.1) is 5.92 Å². The molecule has 1 fully saturated rings. The molecule has 5 heteroatoms. The number of carboxylic acid groups (broad SMARTS) is 1. The standard InChI is InChI=1S/C15H18N2O3/c1-16(2)13-6-3-11(4-7-13)5-8-14(18)17-9-12(10-17)15(19)20/h3-8,12H,9-10H2,1-2H3,(H,19,20). The Morgan fingerprint density at radius 3 is 2.35 bits per heavy atom. The Labute approximate surface area is 118 Å². The Balaban J connectivity index is 1.90. The van der Waals surface area contributed by atoms with E-state index in [0.717, 1.165) is 11.3 Å². The summed E-state index contributed by atoms with van der Waals surface area (Å²) in [6.07, 6.45) is 3.23. The minimum absolute atomic E-state index is 0.140. The predicted molar refractivity (Wildman–Crippen MR) is 77.5 cm³/mol. The maximum atomic E-state index is 11.8. The number of carbonyl (C=O) groups is 2. The van der Waals surface area contributed by atoms with Crippen LogP contribution in [-0.4, -0.2) is 49.1 Å². The molecule has 1 aromatic rings. The van der Waals surface area contributed by atoms with E-state index in [9.17, 15) is 9.59 Å². The predicted octanol–water partition coefficient (Wildman–Crippen LogP) is 1.31. The number of hydrogen-bond acceptors (Lipinski definition) is 3. The highest BCUT2D eigenvalue weighted by molar-refractivity contribution is 5.93. The second-order valence-electron chi connectivity index (χ2n) is 5.10. The van der Waals surface area contributed by atoms with Crippen LogP contribution in [0.1, 0.15) is 5.56 Å². The molecule has 106 valence electrons. The van der Waals surface area contributed by atoms with Gasteiger partial charge in [0.25, 0.3) is 0 Å². The van der Waals surface area contributed by atoms with E-state index in [1.807, 2.05) is 43.3 Å². The van der Waals surface area contributed by atoms with Crippen LogP contribution >= 0.6 is 0 Å². The second-order valence-corrected chi connectivity index (χ2v) is 5.10. The first-order valence-corrected chi connectivity index (χ1v) is 6.44. The lowest BCUT2D eigenvalue weighted by Crippen LogP contribution is -2.52. The van der Waals surface area contributed by atoms with Gasteiger partial charge in [-0.1, -0.05) is 12.1 Å². The Morgan fingerprint density at radius 1 is 1.25 bits per heavy atom. The van der Waals surface area contributed by atoms with Crippen LogP contribution in [0.15, 0.2) is 30.3 Å². The first-order chi connectivity index (χ1) is 9.47. The third-order valence-electron chi connectivity index (χ3n) is 3.37. The number of anilines is 1. The number of benzene rings is 1. The molecule has 0 aliphatic carbocycles. The number of rotatable bonds is 4. The Hall–Kier alpha value is -2.30. The monoisotopic (exact) mass is 274 g/mol. The van der Waals surface area contributed by atoms with E-state index in [1.165, 1.54) is 11.0 Å². The molecule has 1 aromatic carbocycles. The van der Waals surface area contributed by atoms with E-state index in [4.69, 9.17) is 5.11 Å². The zero-order valence-electron chi connectivity index (χ0n) is 11.6. The molecule has 0 aromatic heterocycles. The zero-order valence-corrected chi connectivity index (χ0v) is 11.6. The average Bonchev–Trinajstić information content (AvgIpc) is 2.34. The fourth-order valence-corrected chi connectivity index (χ4v) is 1.97. The average molecular weight is 274 g/mol. The SMILES string of the molecule is CN(C)c1ccc(C=CC(=O)N2CC(C(=O)O)C2)cc1. The van der Waals surface area contributed by atoms with E-state index in [1.54, 1.807) is 6.08 Å². The Kier molecular flexibility index (Phi) is 4.08. The summed E-state index contributed by atoms with van der Waals surface area (Å²) < 4.78 is 0. The summed E-state index contributed by atoms with van der Waals surface area (Å²) >= 11 is 0. The van der Waals surface area contributed by atoms with Crippen molar-refractivity contribution in [3.05, 3.63) is 35.9 Å². The summed E-state index contributed by atoms with van der Waals surface area (Å²) in [4.78, 5) is 26.0. The van der Waals surface area contributed by atoms with Gasteiger partial charge in [-0.2, -0.15) is 0 Å². The summed E-state index contributed by atoms with van der Waals surface area (Å²) in [5.41, 5.74) is 2.04. The van der Waals surface area contributed by atoms with Crippen molar-refractivity contribution in [1.29, 1.82) is 0 Å². The van der Waals surface area contributed by atoms with Crippen molar-refractivity contribution in [2.45, 2.75) is 0 Å². The zero-order chi connectivity index (χ0) is 14.7. The number of nitrogens with zero attached hydrogens (tertiary/aromatic N) is 2. The molecule has 5 nitrogen and oxygen atoms in total. The first kappa shape index (κ1) is 14.1. The topological polar surface area (TPSA) is 60.9 Å². The molecular weight excluding hydrogens is 256 g/mol. The van der Waals surface area contributed by atoms with Gasteiger partial charge in [-0.15, -0.1) is 0 Å². The second kappa shape index (κ2) is 5.77. The van der Waals surface area contributed by atoms with Crippen molar-refractivity contribution >= 4 is 23.6 Å². The third kappa shape index (κ3) is 3.17. The first-order valence-electron chi connectivity index (χ1n) is 6.44. The molecule has 1 saturated heterocycles. The number of carboxylic acids is 1. The molecule has 0 radical (unpaired) electrons. The van der Waals surface area contributed by atoms with Gasteiger partial charge < -0.3 is 14.9 Å². The lowest BCUT2D eigenvalue weighted by molar-refractivity contribution is -0.151. The van der Waals surface area contributed by atoms with Crippen molar-refractivity contribution in [3.8, 4) is 0 Å². The number of carbonyl (C=O) groups excluding carboxylic acids is 1. The van der Waals surface area contributed by atoms with Crippen LogP contribution in [0.4, 0.5) is 5.69 Å². The van der Waals surface area contributed by atoms with Crippen LogP contribution in [0.3, 0.4) is 0 Å². The molecular formula is C15H18N2O3. The minimum atomic E-state index is -0.836. The lowest BCUT2D eigenvalue weighted by Gasteiger charge is -2.35. The normalized spacial score (nSPS) is 15.2. The third-order valence-corrected chi connectivity index (χ3v) is 3.37. The summed E-state index contributed by atoms with van der Waals surface area (Å²) in [5, 5.41) is 8.75. The van der Waals surface area contributed by atoms with Gasteiger partial charge in [-0.3, -0.25) is 9.59 Å². The van der Waals surface area contributed by atoms with E-state index in [2.05, 4.69) is 0 Å². The quantitative estimate of drug-likeness (QED) is 0.841. The summed E-state index contributed by atoms with van der Waals surface area (Å²) in [6.45, 7) is 0.607. The van der Waals surface area contributed by atoms with Crippen molar-refractivity contribution in [1.82, 2.24) is 4.90 Å². The van der Waals surface area contributed by atoms with Gasteiger partial charge in [0.15, 0.2) is 0 Å². The van der Waals surface area contributed by atoms with Crippen molar-refractivity contribution < 1.29 is 14.7 Å². The fourth-order valence-electron chi connectivity index (χ4n) is 1.97. The minimum Gasteiger partial charge on any atom is -0.481 e. The van der Waals surface area contributed by atoms with Gasteiger partial charge in [0.05, 0.1) is 5.92 Å². The smallest absolute Gasteiger partial charge is 0.310 e. The largest absolute Gasteiger partial charge is 0.481 e. The number of amides is 1. The highest BCUT2D eigenvalue weighted by atomic mass is 16.4. The molecule has 0 unspecified atom stereocenters. The van der Waals surface area contributed by atoms with Crippen molar-refractivity contribution in [2.24, 2.45) is 5.92 Å². The highest BCUT2D eigenvalue weighted by Gasteiger charge is 2.34. The van der Waals surface area contributed by atoms with Gasteiger partial charge >= 0.3 is 5.97 Å². The molecule has 1 heterocycles. The lowest BCUT2D eigenvalue weighted by atomic mass is 10.0.